The van der Waals surface area contributed by atoms with Gasteiger partial charge in [-0.2, -0.15) is 0 Å². The van der Waals surface area contributed by atoms with Crippen molar-refractivity contribution in [1.82, 2.24) is 19.9 Å². The average Bonchev–Trinajstić information content (AvgIpc) is 2.82. The minimum Gasteiger partial charge on any atom is -0.351 e. The number of hydrogen-bond donors (Lipinski definition) is 1. The first-order valence-corrected chi connectivity index (χ1v) is 7.02. The number of hydrogen-bond acceptors (Lipinski definition) is 4. The van der Waals surface area contributed by atoms with E-state index >= 15 is 0 Å². The van der Waals surface area contributed by atoms with Crippen LogP contribution in [0.1, 0.15) is 18.3 Å². The third kappa shape index (κ3) is 3.49. The van der Waals surface area contributed by atoms with Crippen molar-refractivity contribution in [3.63, 3.8) is 0 Å². The third-order valence-electron chi connectivity index (χ3n) is 3.12. The van der Waals surface area contributed by atoms with Gasteiger partial charge in [-0.3, -0.25) is 0 Å². The van der Waals surface area contributed by atoms with Crippen LogP contribution in [0.4, 0.5) is 5.82 Å². The first kappa shape index (κ1) is 14.8. The van der Waals surface area contributed by atoms with E-state index < -0.39 is 0 Å². The van der Waals surface area contributed by atoms with E-state index in [1.165, 1.54) is 0 Å². The molecule has 0 saturated heterocycles. The molecule has 20 heavy (non-hydrogen) atoms. The van der Waals surface area contributed by atoms with Gasteiger partial charge in [-0.1, -0.05) is 18.5 Å². The van der Waals surface area contributed by atoms with Gasteiger partial charge < -0.3 is 14.8 Å². The summed E-state index contributed by atoms with van der Waals surface area (Å²) in [6, 6.07) is 1.96. The monoisotopic (exact) mass is 293 g/mol. The second-order valence-electron chi connectivity index (χ2n) is 4.74. The fourth-order valence-corrected chi connectivity index (χ4v) is 2.29. The molecule has 6 heteroatoms. The third-order valence-corrected chi connectivity index (χ3v) is 3.40. The molecule has 0 spiro atoms. The number of nitrogens with one attached hydrogen (secondary N) is 1. The molecule has 2 heterocycles. The highest BCUT2D eigenvalue weighted by molar-refractivity contribution is 6.33. The summed E-state index contributed by atoms with van der Waals surface area (Å²) in [5.74, 6) is 1.75. The smallest absolute Gasteiger partial charge is 0.147 e. The summed E-state index contributed by atoms with van der Waals surface area (Å²) in [5, 5.41) is 3.92. The van der Waals surface area contributed by atoms with Crippen LogP contribution in [0.25, 0.3) is 0 Å². The van der Waals surface area contributed by atoms with E-state index in [-0.39, 0.29) is 0 Å². The van der Waals surface area contributed by atoms with Gasteiger partial charge in [0.1, 0.15) is 11.6 Å². The molecule has 0 bridgehead atoms. The van der Waals surface area contributed by atoms with E-state index in [0.717, 1.165) is 30.3 Å². The van der Waals surface area contributed by atoms with Crippen molar-refractivity contribution in [2.24, 2.45) is 7.05 Å². The minimum atomic E-state index is 0.664. The molecule has 108 valence electrons. The Morgan fingerprint density at radius 1 is 1.40 bits per heavy atom. The van der Waals surface area contributed by atoms with Gasteiger partial charge in [0.2, 0.25) is 0 Å². The summed E-state index contributed by atoms with van der Waals surface area (Å²) in [6.07, 6.45) is 5.58. The molecule has 5 nitrogen and oxygen atoms in total. The summed E-state index contributed by atoms with van der Waals surface area (Å²) in [5.41, 5.74) is 1.09. The Kier molecular flexibility index (Phi) is 4.98. The van der Waals surface area contributed by atoms with Crippen molar-refractivity contribution in [2.75, 3.05) is 18.5 Å². The lowest BCUT2D eigenvalue weighted by atomic mass is 10.2. The van der Waals surface area contributed by atoms with Crippen LogP contribution in [0, 0.1) is 0 Å². The number of aryl methyl sites for hydroxylation is 1. The van der Waals surface area contributed by atoms with E-state index in [1.807, 2.05) is 42.0 Å². The summed E-state index contributed by atoms with van der Waals surface area (Å²) in [4.78, 5) is 10.8. The number of nitrogens with zero attached hydrogens (tertiary/aromatic N) is 4. The number of aromatic nitrogens is 3. The molecule has 0 aromatic carbocycles. The van der Waals surface area contributed by atoms with Crippen LogP contribution in [-0.2, 0) is 20.1 Å². The highest BCUT2D eigenvalue weighted by Crippen LogP contribution is 2.24. The predicted molar refractivity (Wildman–Crippen MR) is 81.9 cm³/mol. The van der Waals surface area contributed by atoms with E-state index in [1.54, 1.807) is 6.20 Å². The zero-order valence-electron chi connectivity index (χ0n) is 12.1. The molecular weight excluding hydrogens is 274 g/mol. The van der Waals surface area contributed by atoms with Crippen LogP contribution in [0.5, 0.6) is 0 Å². The molecule has 0 aliphatic heterocycles. The van der Waals surface area contributed by atoms with Crippen LogP contribution in [0.3, 0.4) is 0 Å². The van der Waals surface area contributed by atoms with Crippen LogP contribution < -0.4 is 10.2 Å². The van der Waals surface area contributed by atoms with Crippen molar-refractivity contribution in [3.8, 4) is 0 Å². The van der Waals surface area contributed by atoms with Crippen molar-refractivity contribution in [3.05, 3.63) is 41.1 Å². The van der Waals surface area contributed by atoms with E-state index in [0.29, 0.717) is 11.6 Å². The van der Waals surface area contributed by atoms with Crippen LogP contribution in [0.15, 0.2) is 24.7 Å². The fraction of sp³-hybridized carbons (Fsp3) is 0.429. The number of imidazole rings is 1. The van der Waals surface area contributed by atoms with Gasteiger partial charge in [0.05, 0.1) is 11.6 Å². The van der Waals surface area contributed by atoms with Crippen LogP contribution in [0.2, 0.25) is 5.02 Å². The molecule has 2 aromatic rings. The van der Waals surface area contributed by atoms with Crippen LogP contribution in [-0.4, -0.2) is 28.1 Å². The van der Waals surface area contributed by atoms with Gasteiger partial charge in [0.25, 0.3) is 0 Å². The van der Waals surface area contributed by atoms with E-state index in [4.69, 9.17) is 11.6 Å². The topological polar surface area (TPSA) is 46.0 Å². The maximum Gasteiger partial charge on any atom is 0.147 e. The molecule has 0 unspecified atom stereocenters. The number of halogens is 1. The normalized spacial score (nSPS) is 10.8. The van der Waals surface area contributed by atoms with Crippen molar-refractivity contribution >= 4 is 17.4 Å². The summed E-state index contributed by atoms with van der Waals surface area (Å²) >= 11 is 6.32. The Morgan fingerprint density at radius 2 is 2.20 bits per heavy atom. The molecule has 2 rings (SSSR count). The largest absolute Gasteiger partial charge is 0.351 e. The second kappa shape index (κ2) is 6.72. The lowest BCUT2D eigenvalue weighted by Crippen LogP contribution is -2.21. The lowest BCUT2D eigenvalue weighted by Gasteiger charge is -2.19. The Balaban J connectivity index is 2.10. The molecule has 0 radical (unpaired) electrons. The van der Waals surface area contributed by atoms with E-state index in [2.05, 4.69) is 22.2 Å². The molecule has 1 N–H and O–H groups in total. The molecular formula is C14H20ClN5. The van der Waals surface area contributed by atoms with Gasteiger partial charge in [0.15, 0.2) is 0 Å². The molecule has 0 aliphatic rings. The Bertz CT molecular complexity index is 566. The quantitative estimate of drug-likeness (QED) is 0.887. The Labute approximate surface area is 124 Å². The SMILES string of the molecule is CCNCc1cnc(N(C)Cc2nccn2C)c(Cl)c1. The number of anilines is 1. The first-order chi connectivity index (χ1) is 9.61. The van der Waals surface area contributed by atoms with E-state index in [9.17, 15) is 0 Å². The zero-order chi connectivity index (χ0) is 14.5. The molecule has 0 fully saturated rings. The van der Waals surface area contributed by atoms with Gasteiger partial charge in [0, 0.05) is 39.2 Å². The first-order valence-electron chi connectivity index (χ1n) is 6.64. The molecule has 2 aromatic heterocycles. The lowest BCUT2D eigenvalue weighted by molar-refractivity contribution is 0.722. The number of pyridine rings is 1. The molecule has 0 atom stereocenters. The Hall–Kier alpha value is -1.59. The van der Waals surface area contributed by atoms with Gasteiger partial charge in [-0.15, -0.1) is 0 Å². The highest BCUT2D eigenvalue weighted by Gasteiger charge is 2.11. The van der Waals surface area contributed by atoms with Crippen molar-refractivity contribution in [1.29, 1.82) is 0 Å². The minimum absolute atomic E-state index is 0.664. The summed E-state index contributed by atoms with van der Waals surface area (Å²) in [6.45, 7) is 4.46. The van der Waals surface area contributed by atoms with Gasteiger partial charge in [-0.25, -0.2) is 9.97 Å². The summed E-state index contributed by atoms with van der Waals surface area (Å²) < 4.78 is 1.99. The molecule has 0 saturated carbocycles. The standard InChI is InChI=1S/C14H20ClN5/c1-4-16-8-11-7-12(15)14(18-9-11)20(3)10-13-17-5-6-19(13)2/h5-7,9,16H,4,8,10H2,1-3H3. The van der Waals surface area contributed by atoms with Gasteiger partial charge >= 0.3 is 0 Å². The maximum absolute atomic E-state index is 6.32. The Morgan fingerprint density at radius 3 is 2.80 bits per heavy atom. The van der Waals surface area contributed by atoms with Crippen molar-refractivity contribution in [2.45, 2.75) is 20.0 Å². The predicted octanol–water partition coefficient (Wildman–Crippen LogP) is 2.21. The second-order valence-corrected chi connectivity index (χ2v) is 5.15. The summed E-state index contributed by atoms with van der Waals surface area (Å²) in [7, 11) is 3.94. The maximum atomic E-state index is 6.32. The average molecular weight is 294 g/mol. The van der Waals surface area contributed by atoms with Crippen LogP contribution >= 0.6 is 11.6 Å². The zero-order valence-corrected chi connectivity index (χ0v) is 12.9. The number of rotatable bonds is 6. The van der Waals surface area contributed by atoms with Crippen molar-refractivity contribution < 1.29 is 0 Å². The highest BCUT2D eigenvalue weighted by atomic mass is 35.5. The fourth-order valence-electron chi connectivity index (χ4n) is 1.95. The van der Waals surface area contributed by atoms with Gasteiger partial charge in [-0.05, 0) is 18.2 Å². The molecule has 0 aliphatic carbocycles. The molecule has 0 amide bonds.